The van der Waals surface area contributed by atoms with Gasteiger partial charge in [0, 0.05) is 4.47 Å². The number of aryl methyl sites for hydroxylation is 1. The topological polar surface area (TPSA) is 26.3 Å². The average molecular weight is 373 g/mol. The molecule has 0 amide bonds. The highest BCUT2D eigenvalue weighted by Crippen LogP contribution is 2.36. The Morgan fingerprint density at radius 2 is 1.82 bits per heavy atom. The van der Waals surface area contributed by atoms with E-state index in [1.165, 1.54) is 19.2 Å². The van der Waals surface area contributed by atoms with Crippen molar-refractivity contribution in [1.29, 1.82) is 0 Å². The van der Waals surface area contributed by atoms with Crippen molar-refractivity contribution in [2.75, 3.05) is 7.11 Å². The molecule has 0 radical (unpaired) electrons. The number of esters is 1. The van der Waals surface area contributed by atoms with Crippen molar-refractivity contribution in [1.82, 2.24) is 0 Å². The van der Waals surface area contributed by atoms with Crippen LogP contribution < -0.4 is 0 Å². The lowest BCUT2D eigenvalue weighted by Crippen LogP contribution is -2.05. The number of carbonyl (C=O) groups excluding carboxylic acids is 1. The minimum absolute atomic E-state index is 0.321. The summed E-state index contributed by atoms with van der Waals surface area (Å²) < 4.78 is 43.9. The first-order valence-electron chi connectivity index (χ1n) is 6.29. The predicted octanol–water partition coefficient (Wildman–Crippen LogP) is 5.23. The van der Waals surface area contributed by atoms with Gasteiger partial charge in [-0.2, -0.15) is 13.2 Å². The molecule has 0 saturated heterocycles. The maximum Gasteiger partial charge on any atom is 0.416 e. The van der Waals surface area contributed by atoms with E-state index in [9.17, 15) is 18.0 Å². The van der Waals surface area contributed by atoms with Crippen molar-refractivity contribution in [2.45, 2.75) is 13.1 Å². The van der Waals surface area contributed by atoms with Gasteiger partial charge < -0.3 is 4.74 Å². The van der Waals surface area contributed by atoms with Crippen LogP contribution in [0.15, 0.2) is 40.9 Å². The maximum absolute atomic E-state index is 12.9. The van der Waals surface area contributed by atoms with Gasteiger partial charge in [-0.25, -0.2) is 4.79 Å². The zero-order chi connectivity index (χ0) is 16.5. The van der Waals surface area contributed by atoms with Gasteiger partial charge in [0.25, 0.3) is 0 Å². The number of benzene rings is 2. The minimum atomic E-state index is -4.40. The SMILES string of the molecule is COC(=O)c1ccc(-c2cc(C)cc(C(F)(F)F)c2)c(Br)c1. The summed E-state index contributed by atoms with van der Waals surface area (Å²) in [4.78, 5) is 11.5. The number of rotatable bonds is 2. The summed E-state index contributed by atoms with van der Waals surface area (Å²) in [7, 11) is 1.26. The lowest BCUT2D eigenvalue weighted by atomic mass is 9.99. The molecule has 22 heavy (non-hydrogen) atoms. The summed E-state index contributed by atoms with van der Waals surface area (Å²) in [6, 6.07) is 8.47. The zero-order valence-corrected chi connectivity index (χ0v) is 13.4. The van der Waals surface area contributed by atoms with Crippen molar-refractivity contribution < 1.29 is 22.7 Å². The molecular weight excluding hydrogens is 361 g/mol. The van der Waals surface area contributed by atoms with Crippen LogP contribution in [0.1, 0.15) is 21.5 Å². The second kappa shape index (κ2) is 6.12. The Bertz CT molecular complexity index is 724. The molecule has 0 aromatic heterocycles. The van der Waals surface area contributed by atoms with Gasteiger partial charge in [-0.3, -0.25) is 0 Å². The third kappa shape index (κ3) is 3.50. The van der Waals surface area contributed by atoms with E-state index in [2.05, 4.69) is 20.7 Å². The smallest absolute Gasteiger partial charge is 0.416 e. The first-order valence-corrected chi connectivity index (χ1v) is 7.09. The van der Waals surface area contributed by atoms with Gasteiger partial charge in [0.1, 0.15) is 0 Å². The van der Waals surface area contributed by atoms with Gasteiger partial charge in [0.05, 0.1) is 18.2 Å². The van der Waals surface area contributed by atoms with Gasteiger partial charge in [-0.1, -0.05) is 28.1 Å². The van der Waals surface area contributed by atoms with Crippen LogP contribution in [0.4, 0.5) is 13.2 Å². The van der Waals surface area contributed by atoms with Crippen molar-refractivity contribution in [3.63, 3.8) is 0 Å². The van der Waals surface area contributed by atoms with Gasteiger partial charge in [-0.15, -0.1) is 0 Å². The monoisotopic (exact) mass is 372 g/mol. The number of methoxy groups -OCH3 is 1. The minimum Gasteiger partial charge on any atom is -0.465 e. The molecule has 0 bridgehead atoms. The van der Waals surface area contributed by atoms with Crippen molar-refractivity contribution in [3.8, 4) is 11.1 Å². The zero-order valence-electron chi connectivity index (χ0n) is 11.8. The van der Waals surface area contributed by atoms with E-state index in [1.54, 1.807) is 19.1 Å². The molecule has 0 N–H and O–H groups in total. The summed E-state index contributed by atoms with van der Waals surface area (Å²) in [5.41, 5.74) is 1.12. The number of alkyl halides is 3. The Kier molecular flexibility index (Phi) is 4.60. The van der Waals surface area contributed by atoms with Gasteiger partial charge >= 0.3 is 12.1 Å². The van der Waals surface area contributed by atoms with E-state index in [0.29, 0.717) is 26.7 Å². The van der Waals surface area contributed by atoms with Crippen LogP contribution in [-0.2, 0) is 10.9 Å². The summed E-state index contributed by atoms with van der Waals surface area (Å²) in [6.45, 7) is 1.61. The molecule has 0 aliphatic rings. The quantitative estimate of drug-likeness (QED) is 0.674. The molecule has 0 aliphatic carbocycles. The van der Waals surface area contributed by atoms with Crippen LogP contribution in [0.3, 0.4) is 0 Å². The lowest BCUT2D eigenvalue weighted by Gasteiger charge is -2.12. The van der Waals surface area contributed by atoms with Crippen molar-refractivity contribution in [2.24, 2.45) is 0 Å². The standard InChI is InChI=1S/C16H12BrF3O2/c1-9-5-11(7-12(6-9)16(18,19)20)13-4-3-10(8-14(13)17)15(21)22-2/h3-8H,1-2H3. The van der Waals surface area contributed by atoms with Crippen LogP contribution in [0.25, 0.3) is 11.1 Å². The first-order chi connectivity index (χ1) is 10.2. The molecule has 0 aliphatic heterocycles. The fourth-order valence-corrected chi connectivity index (χ4v) is 2.70. The molecular formula is C16H12BrF3O2. The van der Waals surface area contributed by atoms with Crippen LogP contribution in [-0.4, -0.2) is 13.1 Å². The Morgan fingerprint density at radius 1 is 1.14 bits per heavy atom. The maximum atomic E-state index is 12.9. The van der Waals surface area contributed by atoms with Crippen LogP contribution in [0, 0.1) is 6.92 Å². The summed E-state index contributed by atoms with van der Waals surface area (Å²) >= 11 is 3.29. The molecule has 0 spiro atoms. The van der Waals surface area contributed by atoms with Crippen LogP contribution in [0.2, 0.25) is 0 Å². The third-order valence-corrected chi connectivity index (χ3v) is 3.76. The molecule has 6 heteroatoms. The summed E-state index contributed by atoms with van der Waals surface area (Å²) in [5.74, 6) is -0.507. The Hall–Kier alpha value is -1.82. The number of carbonyl (C=O) groups is 1. The van der Waals surface area contributed by atoms with Crippen molar-refractivity contribution in [3.05, 3.63) is 57.6 Å². The fourth-order valence-electron chi connectivity index (χ4n) is 2.10. The molecule has 0 atom stereocenters. The fraction of sp³-hybridized carbons (Fsp3) is 0.188. The van der Waals surface area contributed by atoms with E-state index in [1.807, 2.05) is 0 Å². The van der Waals surface area contributed by atoms with Crippen LogP contribution in [0.5, 0.6) is 0 Å². The molecule has 2 nitrogen and oxygen atoms in total. The highest BCUT2D eigenvalue weighted by Gasteiger charge is 2.31. The van der Waals surface area contributed by atoms with E-state index < -0.39 is 17.7 Å². The van der Waals surface area contributed by atoms with Crippen LogP contribution >= 0.6 is 15.9 Å². The van der Waals surface area contributed by atoms with Gasteiger partial charge in [-0.05, 0) is 47.9 Å². The second-order valence-electron chi connectivity index (χ2n) is 4.77. The Labute approximate surface area is 134 Å². The Morgan fingerprint density at radius 3 is 2.36 bits per heavy atom. The average Bonchev–Trinajstić information content (AvgIpc) is 2.44. The third-order valence-electron chi connectivity index (χ3n) is 3.11. The number of ether oxygens (including phenoxy) is 1. The molecule has 0 heterocycles. The summed E-state index contributed by atoms with van der Waals surface area (Å²) in [6.07, 6.45) is -4.40. The Balaban J connectivity index is 2.53. The largest absolute Gasteiger partial charge is 0.465 e. The van der Waals surface area contributed by atoms with E-state index in [4.69, 9.17) is 0 Å². The number of hydrogen-bond donors (Lipinski definition) is 0. The second-order valence-corrected chi connectivity index (χ2v) is 5.63. The van der Waals surface area contributed by atoms with Crippen molar-refractivity contribution >= 4 is 21.9 Å². The predicted molar refractivity (Wildman–Crippen MR) is 80.7 cm³/mol. The molecule has 2 aromatic carbocycles. The molecule has 2 rings (SSSR count). The highest BCUT2D eigenvalue weighted by atomic mass is 79.9. The summed E-state index contributed by atoms with van der Waals surface area (Å²) in [5, 5.41) is 0. The van der Waals surface area contributed by atoms with E-state index in [-0.39, 0.29) is 0 Å². The molecule has 116 valence electrons. The van der Waals surface area contributed by atoms with Gasteiger partial charge in [0.2, 0.25) is 0 Å². The number of hydrogen-bond acceptors (Lipinski definition) is 2. The van der Waals surface area contributed by atoms with E-state index >= 15 is 0 Å². The molecule has 0 unspecified atom stereocenters. The number of halogens is 4. The molecule has 0 saturated carbocycles. The molecule has 0 fully saturated rings. The normalized spacial score (nSPS) is 11.4. The first kappa shape index (κ1) is 16.5. The lowest BCUT2D eigenvalue weighted by molar-refractivity contribution is -0.137. The molecule has 2 aromatic rings. The van der Waals surface area contributed by atoms with E-state index in [0.717, 1.165) is 12.1 Å². The van der Waals surface area contributed by atoms with Gasteiger partial charge in [0.15, 0.2) is 0 Å². The highest BCUT2D eigenvalue weighted by molar-refractivity contribution is 9.10.